The van der Waals surface area contributed by atoms with Crippen LogP contribution in [0.5, 0.6) is 0 Å². The molecule has 1 amide bonds. The van der Waals surface area contributed by atoms with Crippen molar-refractivity contribution >= 4 is 5.91 Å². The van der Waals surface area contributed by atoms with Gasteiger partial charge >= 0.3 is 0 Å². The Morgan fingerprint density at radius 1 is 1.41 bits per heavy atom. The molecule has 1 atom stereocenters. The average Bonchev–Trinajstić information content (AvgIpc) is 2.23. The van der Waals surface area contributed by atoms with Gasteiger partial charge in [-0.25, -0.2) is 0 Å². The molecular formula is C12H27N3O2. The van der Waals surface area contributed by atoms with Gasteiger partial charge in [-0.05, 0) is 33.7 Å². The number of methoxy groups -OCH3 is 1. The number of carbonyl (C=O) groups is 1. The van der Waals surface area contributed by atoms with Crippen LogP contribution in [0.15, 0.2) is 0 Å². The van der Waals surface area contributed by atoms with E-state index in [1.54, 1.807) is 7.11 Å². The van der Waals surface area contributed by atoms with Gasteiger partial charge in [-0.3, -0.25) is 9.69 Å². The Morgan fingerprint density at radius 3 is 2.53 bits per heavy atom. The highest BCUT2D eigenvalue weighted by Gasteiger charge is 2.14. The van der Waals surface area contributed by atoms with Crippen LogP contribution in [0.1, 0.15) is 27.2 Å². The van der Waals surface area contributed by atoms with E-state index in [1.165, 1.54) is 0 Å². The second-order valence-corrected chi connectivity index (χ2v) is 4.63. The van der Waals surface area contributed by atoms with Crippen molar-refractivity contribution in [2.24, 2.45) is 5.73 Å². The van der Waals surface area contributed by atoms with Crippen LogP contribution in [-0.2, 0) is 9.53 Å². The number of amides is 1. The minimum atomic E-state index is 0.0419. The van der Waals surface area contributed by atoms with Crippen molar-refractivity contribution in [1.82, 2.24) is 10.2 Å². The van der Waals surface area contributed by atoms with Crippen LogP contribution < -0.4 is 11.1 Å². The lowest BCUT2D eigenvalue weighted by molar-refractivity contribution is -0.123. The number of nitrogens with one attached hydrogen (secondary N) is 1. The normalized spacial score (nSPS) is 13.1. The first-order valence-corrected chi connectivity index (χ1v) is 6.23. The zero-order valence-corrected chi connectivity index (χ0v) is 11.5. The molecule has 0 saturated heterocycles. The van der Waals surface area contributed by atoms with Gasteiger partial charge < -0.3 is 15.8 Å². The molecule has 0 bridgehead atoms. The molecule has 0 aromatic heterocycles. The van der Waals surface area contributed by atoms with Crippen LogP contribution in [0.4, 0.5) is 0 Å². The summed E-state index contributed by atoms with van der Waals surface area (Å²) in [6, 6.07) is 0.404. The average molecular weight is 245 g/mol. The molecule has 0 aliphatic carbocycles. The van der Waals surface area contributed by atoms with Crippen LogP contribution in [0, 0.1) is 0 Å². The van der Waals surface area contributed by atoms with Crippen LogP contribution in [-0.4, -0.2) is 56.2 Å². The first kappa shape index (κ1) is 16.4. The molecule has 0 radical (unpaired) electrons. The number of nitrogens with two attached hydrogens (primary N) is 1. The van der Waals surface area contributed by atoms with Crippen LogP contribution >= 0.6 is 0 Å². The smallest absolute Gasteiger partial charge is 0.234 e. The zero-order chi connectivity index (χ0) is 13.3. The Kier molecular flexibility index (Phi) is 9.03. The molecular weight excluding hydrogens is 218 g/mol. The molecule has 0 spiro atoms. The quantitative estimate of drug-likeness (QED) is 0.609. The molecule has 1 unspecified atom stereocenters. The lowest BCUT2D eigenvalue weighted by Gasteiger charge is -2.26. The third-order valence-electron chi connectivity index (χ3n) is 2.55. The molecule has 0 aromatic rings. The van der Waals surface area contributed by atoms with Crippen molar-refractivity contribution in [3.63, 3.8) is 0 Å². The van der Waals surface area contributed by atoms with Crippen molar-refractivity contribution in [2.45, 2.75) is 39.3 Å². The maximum atomic E-state index is 11.8. The van der Waals surface area contributed by atoms with E-state index < -0.39 is 0 Å². The summed E-state index contributed by atoms with van der Waals surface area (Å²) in [4.78, 5) is 13.9. The Bertz CT molecular complexity index is 210. The maximum Gasteiger partial charge on any atom is 0.234 e. The molecule has 5 heteroatoms. The van der Waals surface area contributed by atoms with E-state index in [4.69, 9.17) is 10.5 Å². The monoisotopic (exact) mass is 245 g/mol. The molecule has 0 rings (SSSR count). The van der Waals surface area contributed by atoms with Crippen LogP contribution in [0.3, 0.4) is 0 Å². The van der Waals surface area contributed by atoms with Crippen LogP contribution in [0.25, 0.3) is 0 Å². The van der Waals surface area contributed by atoms with E-state index in [9.17, 15) is 4.79 Å². The van der Waals surface area contributed by atoms with Gasteiger partial charge in [-0.1, -0.05) is 0 Å². The van der Waals surface area contributed by atoms with E-state index >= 15 is 0 Å². The standard InChI is InChI=1S/C12H27N3O2/c1-10(2)15(7-5-6-13)8-12(16)14-11(3)9-17-4/h10-11H,5-9,13H2,1-4H3,(H,14,16). The van der Waals surface area contributed by atoms with Gasteiger partial charge in [-0.15, -0.1) is 0 Å². The summed E-state index contributed by atoms with van der Waals surface area (Å²) in [6.07, 6.45) is 0.916. The second-order valence-electron chi connectivity index (χ2n) is 4.63. The molecule has 102 valence electrons. The van der Waals surface area contributed by atoms with E-state index in [0.717, 1.165) is 13.0 Å². The number of carbonyl (C=O) groups excluding carboxylic acids is 1. The van der Waals surface area contributed by atoms with Gasteiger partial charge in [0.15, 0.2) is 0 Å². The van der Waals surface area contributed by atoms with Gasteiger partial charge in [0.1, 0.15) is 0 Å². The zero-order valence-electron chi connectivity index (χ0n) is 11.5. The van der Waals surface area contributed by atoms with Crippen molar-refractivity contribution in [2.75, 3.05) is 33.4 Å². The summed E-state index contributed by atoms with van der Waals surface area (Å²) in [7, 11) is 1.63. The summed E-state index contributed by atoms with van der Waals surface area (Å²) in [6.45, 7) is 8.58. The first-order chi connectivity index (χ1) is 8.01. The fourth-order valence-electron chi connectivity index (χ4n) is 1.61. The van der Waals surface area contributed by atoms with Gasteiger partial charge in [0.05, 0.1) is 13.2 Å². The molecule has 0 heterocycles. The van der Waals surface area contributed by atoms with Crippen molar-refractivity contribution in [3.8, 4) is 0 Å². The molecule has 0 aliphatic rings. The highest BCUT2D eigenvalue weighted by molar-refractivity contribution is 5.78. The van der Waals surface area contributed by atoms with E-state index in [1.807, 2.05) is 6.92 Å². The van der Waals surface area contributed by atoms with Gasteiger partial charge in [0.2, 0.25) is 5.91 Å². The minimum Gasteiger partial charge on any atom is -0.383 e. The third kappa shape index (κ3) is 8.12. The lowest BCUT2D eigenvalue weighted by Crippen LogP contribution is -2.45. The maximum absolute atomic E-state index is 11.8. The van der Waals surface area contributed by atoms with Gasteiger partial charge in [-0.2, -0.15) is 0 Å². The fraction of sp³-hybridized carbons (Fsp3) is 0.917. The topological polar surface area (TPSA) is 67.6 Å². The molecule has 3 N–H and O–H groups in total. The summed E-state index contributed by atoms with van der Waals surface area (Å²) >= 11 is 0. The highest BCUT2D eigenvalue weighted by Crippen LogP contribution is 1.99. The first-order valence-electron chi connectivity index (χ1n) is 6.23. The lowest BCUT2D eigenvalue weighted by atomic mass is 10.2. The number of hydrogen-bond donors (Lipinski definition) is 2. The van der Waals surface area contributed by atoms with Gasteiger partial charge in [0, 0.05) is 25.7 Å². The van der Waals surface area contributed by atoms with E-state index in [2.05, 4.69) is 24.1 Å². The SMILES string of the molecule is COCC(C)NC(=O)CN(CCCN)C(C)C. The number of rotatable bonds is 9. The Morgan fingerprint density at radius 2 is 2.06 bits per heavy atom. The molecule has 17 heavy (non-hydrogen) atoms. The summed E-state index contributed by atoms with van der Waals surface area (Å²) < 4.78 is 4.98. The van der Waals surface area contributed by atoms with E-state index in [0.29, 0.717) is 25.7 Å². The molecule has 0 saturated carbocycles. The van der Waals surface area contributed by atoms with Crippen LogP contribution in [0.2, 0.25) is 0 Å². The predicted octanol–water partition coefficient (Wildman–Crippen LogP) is 0.197. The fourth-order valence-corrected chi connectivity index (χ4v) is 1.61. The molecule has 5 nitrogen and oxygen atoms in total. The molecule has 0 fully saturated rings. The summed E-state index contributed by atoms with van der Waals surface area (Å²) in [5, 5.41) is 2.91. The Hall–Kier alpha value is -0.650. The third-order valence-corrected chi connectivity index (χ3v) is 2.55. The number of ether oxygens (including phenoxy) is 1. The van der Waals surface area contributed by atoms with Crippen molar-refractivity contribution in [3.05, 3.63) is 0 Å². The summed E-state index contributed by atoms with van der Waals surface area (Å²) in [5.74, 6) is 0.0419. The minimum absolute atomic E-state index is 0.0419. The Balaban J connectivity index is 4.02. The molecule has 0 aliphatic heterocycles. The number of nitrogens with zero attached hydrogens (tertiary/aromatic N) is 1. The van der Waals surface area contributed by atoms with Crippen molar-refractivity contribution in [1.29, 1.82) is 0 Å². The summed E-state index contributed by atoms with van der Waals surface area (Å²) in [5.41, 5.74) is 5.48. The van der Waals surface area contributed by atoms with E-state index in [-0.39, 0.29) is 11.9 Å². The number of hydrogen-bond acceptors (Lipinski definition) is 4. The highest BCUT2D eigenvalue weighted by atomic mass is 16.5. The predicted molar refractivity (Wildman–Crippen MR) is 69.9 cm³/mol. The largest absolute Gasteiger partial charge is 0.383 e. The second kappa shape index (κ2) is 9.39. The van der Waals surface area contributed by atoms with Crippen molar-refractivity contribution < 1.29 is 9.53 Å². The Labute approximate surface area is 105 Å². The molecule has 0 aromatic carbocycles. The van der Waals surface area contributed by atoms with Gasteiger partial charge in [0.25, 0.3) is 0 Å².